The van der Waals surface area contributed by atoms with E-state index in [0.29, 0.717) is 0 Å². The van der Waals surface area contributed by atoms with Gasteiger partial charge in [0.05, 0.1) is 11.2 Å². The fourth-order valence-corrected chi connectivity index (χ4v) is 7.87. The van der Waals surface area contributed by atoms with Crippen LogP contribution in [0.15, 0.2) is 140 Å². The molecule has 0 N–H and O–H groups in total. The zero-order chi connectivity index (χ0) is 30.1. The Bertz CT molecular complexity index is 2300. The van der Waals surface area contributed by atoms with Crippen molar-refractivity contribution in [2.45, 2.75) is 32.1 Å². The highest BCUT2D eigenvalue weighted by molar-refractivity contribution is 5.99. The van der Waals surface area contributed by atoms with Gasteiger partial charge in [0.25, 0.3) is 0 Å². The summed E-state index contributed by atoms with van der Waals surface area (Å²) in [5.74, 6) is 0. The number of para-hydroxylation sites is 2. The number of aromatic nitrogens is 1. The summed E-state index contributed by atoms with van der Waals surface area (Å²) in [5.41, 5.74) is 14.1. The molecule has 216 valence electrons. The highest BCUT2D eigenvalue weighted by Crippen LogP contribution is 2.52. The largest absolute Gasteiger partial charge is 0.313 e. The average molecular weight is 579 g/mol. The first-order valence-electron chi connectivity index (χ1n) is 16.0. The molecule has 0 radical (unpaired) electrons. The van der Waals surface area contributed by atoms with Gasteiger partial charge >= 0.3 is 0 Å². The van der Waals surface area contributed by atoms with Crippen LogP contribution >= 0.6 is 0 Å². The van der Waals surface area contributed by atoms with E-state index in [1.807, 2.05) is 0 Å². The van der Waals surface area contributed by atoms with Gasteiger partial charge in [-0.05, 0) is 89.0 Å². The van der Waals surface area contributed by atoms with E-state index in [9.17, 15) is 0 Å². The fourth-order valence-electron chi connectivity index (χ4n) is 7.87. The van der Waals surface area contributed by atoms with E-state index >= 15 is 0 Å². The highest BCUT2D eigenvalue weighted by Gasteiger charge is 2.37. The van der Waals surface area contributed by atoms with E-state index in [4.69, 9.17) is 0 Å². The second-order valence-electron chi connectivity index (χ2n) is 12.9. The van der Waals surface area contributed by atoms with Crippen LogP contribution in [0.1, 0.15) is 42.7 Å². The van der Waals surface area contributed by atoms with Crippen molar-refractivity contribution < 1.29 is 0 Å². The van der Waals surface area contributed by atoms with Crippen LogP contribution in [0.5, 0.6) is 0 Å². The van der Waals surface area contributed by atoms with Crippen molar-refractivity contribution in [1.82, 2.24) is 4.57 Å². The third kappa shape index (κ3) is 3.88. The second-order valence-corrected chi connectivity index (χ2v) is 12.9. The minimum atomic E-state index is -0.152. The van der Waals surface area contributed by atoms with Gasteiger partial charge in [0.15, 0.2) is 0 Å². The lowest BCUT2D eigenvalue weighted by atomic mass is 9.82. The molecule has 0 aliphatic heterocycles. The lowest BCUT2D eigenvalue weighted by Crippen LogP contribution is -2.17. The normalized spacial score (nSPS) is 14.4. The maximum Gasteiger partial charge on any atom is 0.0540 e. The van der Waals surface area contributed by atoms with Crippen molar-refractivity contribution in [2.24, 2.45) is 0 Å². The van der Waals surface area contributed by atoms with Gasteiger partial charge < -0.3 is 9.47 Å². The monoisotopic (exact) mass is 578 g/mol. The van der Waals surface area contributed by atoms with Crippen molar-refractivity contribution in [1.29, 1.82) is 0 Å². The van der Waals surface area contributed by atoms with E-state index in [1.54, 1.807) is 0 Å². The number of benzene rings is 6. The molecule has 2 heteroatoms. The predicted molar refractivity (Wildman–Crippen MR) is 190 cm³/mol. The van der Waals surface area contributed by atoms with Gasteiger partial charge in [0, 0.05) is 44.5 Å². The van der Waals surface area contributed by atoms with Gasteiger partial charge in [-0.15, -0.1) is 0 Å². The topological polar surface area (TPSA) is 8.17 Å². The van der Waals surface area contributed by atoms with Gasteiger partial charge in [-0.25, -0.2) is 0 Å². The maximum atomic E-state index is 2.51. The molecule has 0 spiro atoms. The smallest absolute Gasteiger partial charge is 0.0540 e. The molecule has 2 aliphatic carbocycles. The Morgan fingerprint density at radius 2 is 1.33 bits per heavy atom. The molecular weight excluding hydrogens is 544 g/mol. The Morgan fingerprint density at radius 1 is 0.622 bits per heavy atom. The number of fused-ring (bicyclic) bond motifs is 7. The van der Waals surface area contributed by atoms with Gasteiger partial charge in [-0.2, -0.15) is 0 Å². The van der Waals surface area contributed by atoms with E-state index in [1.165, 1.54) is 72.2 Å². The second kappa shape index (κ2) is 9.84. The quantitative estimate of drug-likeness (QED) is 0.202. The molecule has 0 amide bonds. The van der Waals surface area contributed by atoms with Crippen LogP contribution in [0.3, 0.4) is 0 Å². The Kier molecular flexibility index (Phi) is 5.70. The molecule has 0 saturated heterocycles. The van der Waals surface area contributed by atoms with Gasteiger partial charge in [-0.1, -0.05) is 111 Å². The minimum absolute atomic E-state index is 0.152. The summed E-state index contributed by atoms with van der Waals surface area (Å²) in [6.45, 7) is 4.78. The van der Waals surface area contributed by atoms with Gasteiger partial charge in [0.1, 0.15) is 0 Å². The SMILES string of the molecule is CC1(C)c2cc(N(c3ccccc3)c3cccc4ccccc34)ccc2-c2ccc(-n3c4c(c5ccccc53)C=CCC4)cc21. The molecule has 9 rings (SSSR count). The highest BCUT2D eigenvalue weighted by atomic mass is 15.1. The number of nitrogens with zero attached hydrogens (tertiary/aromatic N) is 2. The summed E-state index contributed by atoms with van der Waals surface area (Å²) in [7, 11) is 0. The summed E-state index contributed by atoms with van der Waals surface area (Å²) in [4.78, 5) is 2.42. The first-order chi connectivity index (χ1) is 22.1. The van der Waals surface area contributed by atoms with Gasteiger partial charge in [-0.3, -0.25) is 0 Å². The molecule has 0 unspecified atom stereocenters. The number of anilines is 3. The molecule has 0 saturated carbocycles. The zero-order valence-electron chi connectivity index (χ0n) is 25.7. The zero-order valence-corrected chi connectivity index (χ0v) is 25.7. The Hall–Kier alpha value is -5.34. The van der Waals surface area contributed by atoms with E-state index in [-0.39, 0.29) is 5.41 Å². The molecule has 45 heavy (non-hydrogen) atoms. The molecule has 7 aromatic rings. The number of hydrogen-bond acceptors (Lipinski definition) is 1. The summed E-state index contributed by atoms with van der Waals surface area (Å²) in [6, 6.07) is 49.1. The fraction of sp³-hybridized carbons (Fsp3) is 0.116. The lowest BCUT2D eigenvalue weighted by Gasteiger charge is -2.29. The van der Waals surface area contributed by atoms with Crippen LogP contribution in [0.4, 0.5) is 17.1 Å². The summed E-state index contributed by atoms with van der Waals surface area (Å²) in [5, 5.41) is 3.83. The third-order valence-electron chi connectivity index (χ3n) is 10.0. The van der Waals surface area contributed by atoms with Crippen molar-refractivity contribution in [2.75, 3.05) is 4.90 Å². The molecule has 0 atom stereocenters. The van der Waals surface area contributed by atoms with E-state index in [0.717, 1.165) is 18.5 Å². The van der Waals surface area contributed by atoms with Crippen molar-refractivity contribution in [3.63, 3.8) is 0 Å². The van der Waals surface area contributed by atoms with E-state index < -0.39 is 0 Å². The van der Waals surface area contributed by atoms with Crippen LogP contribution in [-0.2, 0) is 11.8 Å². The molecule has 1 heterocycles. The van der Waals surface area contributed by atoms with Crippen LogP contribution < -0.4 is 4.90 Å². The maximum absolute atomic E-state index is 2.51. The Balaban J connectivity index is 1.20. The van der Waals surface area contributed by atoms with Crippen LogP contribution in [0.2, 0.25) is 0 Å². The van der Waals surface area contributed by atoms with Crippen LogP contribution in [-0.4, -0.2) is 4.57 Å². The summed E-state index contributed by atoms with van der Waals surface area (Å²) in [6.07, 6.45) is 6.79. The van der Waals surface area contributed by atoms with Crippen molar-refractivity contribution >= 4 is 44.8 Å². The first kappa shape index (κ1) is 26.1. The van der Waals surface area contributed by atoms with Crippen molar-refractivity contribution in [3.8, 4) is 16.8 Å². The molecular formula is C43H34N2. The van der Waals surface area contributed by atoms with Crippen molar-refractivity contribution in [3.05, 3.63) is 162 Å². The molecule has 1 aromatic heterocycles. The predicted octanol–water partition coefficient (Wildman–Crippen LogP) is 11.5. The summed E-state index contributed by atoms with van der Waals surface area (Å²) < 4.78 is 2.51. The van der Waals surface area contributed by atoms with Gasteiger partial charge in [0.2, 0.25) is 0 Å². The minimum Gasteiger partial charge on any atom is -0.313 e. The molecule has 2 nitrogen and oxygen atoms in total. The Labute approximate surface area is 264 Å². The Morgan fingerprint density at radius 3 is 2.20 bits per heavy atom. The third-order valence-corrected chi connectivity index (χ3v) is 10.0. The number of allylic oxidation sites excluding steroid dienone is 1. The molecule has 0 bridgehead atoms. The molecule has 2 aliphatic rings. The number of rotatable bonds is 4. The van der Waals surface area contributed by atoms with Crippen LogP contribution in [0, 0.1) is 0 Å². The molecule has 6 aromatic carbocycles. The van der Waals surface area contributed by atoms with Crippen LogP contribution in [0.25, 0.3) is 44.6 Å². The molecule has 0 fully saturated rings. The summed E-state index contributed by atoms with van der Waals surface area (Å²) >= 11 is 0. The lowest BCUT2D eigenvalue weighted by molar-refractivity contribution is 0.659. The standard InChI is InChI=1S/C43H34N2/c1-43(2)38-27-31(44(30-15-4-3-5-16-30)40-22-12-14-29-13-6-7-17-33(29)40)23-25-34(38)35-26-24-32(28-39(35)43)45-41-20-10-8-18-36(41)37-19-9-11-21-42(37)45/h3-10,12-20,22-28H,11,21H2,1-2H3. The average Bonchev–Trinajstić information content (AvgIpc) is 3.54. The van der Waals surface area contributed by atoms with E-state index in [2.05, 4.69) is 169 Å². The first-order valence-corrected chi connectivity index (χ1v) is 16.0. The number of hydrogen-bond donors (Lipinski definition) is 0.